The molecule has 1 heterocycles. The Labute approximate surface area is 114 Å². The molecule has 0 aliphatic carbocycles. The zero-order chi connectivity index (χ0) is 13.8. The summed E-state index contributed by atoms with van der Waals surface area (Å²) < 4.78 is 5.40. The highest BCUT2D eigenvalue weighted by Gasteiger charge is 2.10. The van der Waals surface area contributed by atoms with Crippen molar-refractivity contribution < 1.29 is 14.6 Å². The lowest BCUT2D eigenvalue weighted by atomic mass is 10.2. The SMILES string of the molecule is Nc1cnc(OCc2ccccc2Cl)cc1C(=O)O. The molecule has 5 nitrogen and oxygen atoms in total. The first kappa shape index (κ1) is 13.2. The number of carboxylic acids is 1. The molecule has 98 valence electrons. The second kappa shape index (κ2) is 5.58. The Bertz CT molecular complexity index is 617. The molecule has 0 aliphatic rings. The summed E-state index contributed by atoms with van der Waals surface area (Å²) in [5.74, 6) is -0.936. The van der Waals surface area contributed by atoms with E-state index in [4.69, 9.17) is 27.2 Å². The van der Waals surface area contributed by atoms with Crippen molar-refractivity contribution in [2.24, 2.45) is 0 Å². The van der Waals surface area contributed by atoms with Crippen molar-refractivity contribution in [3.05, 3.63) is 52.7 Å². The third-order valence-electron chi connectivity index (χ3n) is 2.47. The number of hydrogen-bond donors (Lipinski definition) is 2. The third-order valence-corrected chi connectivity index (χ3v) is 2.84. The number of benzene rings is 1. The second-order valence-corrected chi connectivity index (χ2v) is 4.20. The van der Waals surface area contributed by atoms with Crippen LogP contribution < -0.4 is 10.5 Å². The Balaban J connectivity index is 2.14. The van der Waals surface area contributed by atoms with Crippen LogP contribution in [-0.2, 0) is 6.61 Å². The first-order valence-corrected chi connectivity index (χ1v) is 5.80. The summed E-state index contributed by atoms with van der Waals surface area (Å²) in [5.41, 5.74) is 6.35. The Morgan fingerprint density at radius 1 is 1.42 bits per heavy atom. The molecule has 0 saturated heterocycles. The molecular formula is C13H11ClN2O3. The van der Waals surface area contributed by atoms with E-state index in [0.29, 0.717) is 5.02 Å². The maximum atomic E-state index is 10.9. The van der Waals surface area contributed by atoms with Crippen LogP contribution >= 0.6 is 11.6 Å². The van der Waals surface area contributed by atoms with E-state index in [0.717, 1.165) is 5.56 Å². The molecule has 0 spiro atoms. The number of carboxylic acid groups (broad SMARTS) is 1. The molecule has 0 amide bonds. The molecule has 6 heteroatoms. The number of hydrogen-bond acceptors (Lipinski definition) is 4. The standard InChI is InChI=1S/C13H11ClN2O3/c14-10-4-2-1-3-8(10)7-19-12-5-9(13(17)18)11(15)6-16-12/h1-6H,7,15H2,(H,17,18). The van der Waals surface area contributed by atoms with Crippen molar-refractivity contribution in [2.75, 3.05) is 5.73 Å². The fourth-order valence-corrected chi connectivity index (χ4v) is 1.67. The maximum Gasteiger partial charge on any atom is 0.338 e. The molecular weight excluding hydrogens is 268 g/mol. The van der Waals surface area contributed by atoms with Gasteiger partial charge < -0.3 is 15.6 Å². The minimum absolute atomic E-state index is 0.0378. The van der Waals surface area contributed by atoms with E-state index in [-0.39, 0.29) is 23.7 Å². The van der Waals surface area contributed by atoms with Gasteiger partial charge in [-0.1, -0.05) is 29.8 Å². The molecule has 19 heavy (non-hydrogen) atoms. The van der Waals surface area contributed by atoms with Gasteiger partial charge in [-0.05, 0) is 6.07 Å². The van der Waals surface area contributed by atoms with Crippen LogP contribution in [0, 0.1) is 0 Å². The van der Waals surface area contributed by atoms with Gasteiger partial charge in [-0.15, -0.1) is 0 Å². The summed E-state index contributed by atoms with van der Waals surface area (Å²) in [4.78, 5) is 14.8. The van der Waals surface area contributed by atoms with Crippen LogP contribution in [0.25, 0.3) is 0 Å². The molecule has 0 fully saturated rings. The minimum Gasteiger partial charge on any atom is -0.478 e. The molecule has 0 bridgehead atoms. The van der Waals surface area contributed by atoms with Gasteiger partial charge in [0.15, 0.2) is 0 Å². The van der Waals surface area contributed by atoms with E-state index in [1.165, 1.54) is 12.3 Å². The van der Waals surface area contributed by atoms with Gasteiger partial charge in [-0.3, -0.25) is 0 Å². The highest BCUT2D eigenvalue weighted by atomic mass is 35.5. The first-order valence-electron chi connectivity index (χ1n) is 5.43. The Morgan fingerprint density at radius 2 is 2.16 bits per heavy atom. The monoisotopic (exact) mass is 278 g/mol. The number of aromatic nitrogens is 1. The van der Waals surface area contributed by atoms with Crippen LogP contribution in [0.5, 0.6) is 5.88 Å². The van der Waals surface area contributed by atoms with Crippen molar-refractivity contribution in [1.29, 1.82) is 0 Å². The Hall–Kier alpha value is -2.27. The summed E-state index contributed by atoms with van der Waals surface area (Å²) in [7, 11) is 0. The van der Waals surface area contributed by atoms with Crippen molar-refractivity contribution >= 4 is 23.3 Å². The third kappa shape index (κ3) is 3.14. The Morgan fingerprint density at radius 3 is 2.84 bits per heavy atom. The second-order valence-electron chi connectivity index (χ2n) is 3.80. The van der Waals surface area contributed by atoms with E-state index in [1.54, 1.807) is 6.07 Å². The normalized spacial score (nSPS) is 10.2. The van der Waals surface area contributed by atoms with Crippen LogP contribution in [0.4, 0.5) is 5.69 Å². The smallest absolute Gasteiger partial charge is 0.338 e. The van der Waals surface area contributed by atoms with Gasteiger partial charge in [0.25, 0.3) is 0 Å². The summed E-state index contributed by atoms with van der Waals surface area (Å²) in [6.45, 7) is 0.204. The molecule has 0 atom stereocenters. The van der Waals surface area contributed by atoms with Gasteiger partial charge in [0.2, 0.25) is 5.88 Å². The Kier molecular flexibility index (Phi) is 3.87. The van der Waals surface area contributed by atoms with Gasteiger partial charge in [0, 0.05) is 16.7 Å². The quantitative estimate of drug-likeness (QED) is 0.898. The average Bonchev–Trinajstić information content (AvgIpc) is 2.39. The molecule has 0 radical (unpaired) electrons. The lowest BCUT2D eigenvalue weighted by Gasteiger charge is -2.08. The minimum atomic E-state index is -1.12. The van der Waals surface area contributed by atoms with Gasteiger partial charge in [-0.2, -0.15) is 0 Å². The molecule has 0 unspecified atom stereocenters. The molecule has 3 N–H and O–H groups in total. The van der Waals surface area contributed by atoms with Crippen LogP contribution in [0.15, 0.2) is 36.5 Å². The zero-order valence-corrected chi connectivity index (χ0v) is 10.6. The molecule has 2 aromatic rings. The number of nitrogens with two attached hydrogens (primary N) is 1. The average molecular weight is 279 g/mol. The number of anilines is 1. The number of nitrogen functional groups attached to an aromatic ring is 1. The molecule has 2 rings (SSSR count). The van der Waals surface area contributed by atoms with Gasteiger partial charge >= 0.3 is 5.97 Å². The van der Waals surface area contributed by atoms with Crippen LogP contribution in [0.1, 0.15) is 15.9 Å². The summed E-state index contributed by atoms with van der Waals surface area (Å²) in [6.07, 6.45) is 1.26. The highest BCUT2D eigenvalue weighted by molar-refractivity contribution is 6.31. The summed E-state index contributed by atoms with van der Waals surface area (Å²) >= 11 is 5.98. The van der Waals surface area contributed by atoms with Gasteiger partial charge in [0.1, 0.15) is 6.61 Å². The highest BCUT2D eigenvalue weighted by Crippen LogP contribution is 2.20. The summed E-state index contributed by atoms with van der Waals surface area (Å²) in [6, 6.07) is 8.51. The van der Waals surface area contributed by atoms with E-state index < -0.39 is 5.97 Å². The van der Waals surface area contributed by atoms with E-state index in [9.17, 15) is 4.79 Å². The zero-order valence-electron chi connectivity index (χ0n) is 9.84. The maximum absolute atomic E-state index is 10.9. The topological polar surface area (TPSA) is 85.4 Å². The van der Waals surface area contributed by atoms with E-state index in [1.807, 2.05) is 18.2 Å². The number of ether oxygens (including phenoxy) is 1. The number of nitrogens with zero attached hydrogens (tertiary/aromatic N) is 1. The van der Waals surface area contributed by atoms with Crippen LogP contribution in [0.3, 0.4) is 0 Å². The predicted molar refractivity (Wildman–Crippen MR) is 71.4 cm³/mol. The lowest BCUT2D eigenvalue weighted by molar-refractivity contribution is 0.0697. The predicted octanol–water partition coefficient (Wildman–Crippen LogP) is 2.59. The van der Waals surface area contributed by atoms with Crippen molar-refractivity contribution in [3.8, 4) is 5.88 Å². The number of aromatic carboxylic acids is 1. The number of pyridine rings is 1. The summed E-state index contributed by atoms with van der Waals surface area (Å²) in [5, 5.41) is 9.52. The van der Waals surface area contributed by atoms with E-state index >= 15 is 0 Å². The van der Waals surface area contributed by atoms with Crippen LogP contribution in [-0.4, -0.2) is 16.1 Å². The largest absolute Gasteiger partial charge is 0.478 e. The molecule has 1 aromatic heterocycles. The lowest BCUT2D eigenvalue weighted by Crippen LogP contribution is -2.05. The van der Waals surface area contributed by atoms with E-state index in [2.05, 4.69) is 4.98 Å². The van der Waals surface area contributed by atoms with Crippen LogP contribution in [0.2, 0.25) is 5.02 Å². The molecule has 0 aliphatic heterocycles. The first-order chi connectivity index (χ1) is 9.08. The number of rotatable bonds is 4. The van der Waals surface area contributed by atoms with Crippen molar-refractivity contribution in [1.82, 2.24) is 4.98 Å². The fraction of sp³-hybridized carbons (Fsp3) is 0.0769. The van der Waals surface area contributed by atoms with Crippen molar-refractivity contribution in [3.63, 3.8) is 0 Å². The molecule has 1 aromatic carbocycles. The number of carbonyl (C=O) groups is 1. The van der Waals surface area contributed by atoms with Gasteiger partial charge in [-0.25, -0.2) is 9.78 Å². The fourth-order valence-electron chi connectivity index (χ4n) is 1.48. The molecule has 0 saturated carbocycles. The van der Waals surface area contributed by atoms with Gasteiger partial charge in [0.05, 0.1) is 17.4 Å². The van der Waals surface area contributed by atoms with Crippen molar-refractivity contribution in [2.45, 2.75) is 6.61 Å². The number of halogens is 1.